The van der Waals surface area contributed by atoms with Crippen molar-refractivity contribution in [2.24, 2.45) is 0 Å². The molecular weight excluding hydrogens is 262 g/mol. The van der Waals surface area contributed by atoms with Crippen molar-refractivity contribution in [1.82, 2.24) is 4.98 Å². The Morgan fingerprint density at radius 3 is 2.95 bits per heavy atom. The number of ether oxygens (including phenoxy) is 1. The number of hydrogen-bond donors (Lipinski definition) is 1. The number of aliphatic hydroxyl groups is 1. The van der Waals surface area contributed by atoms with Crippen molar-refractivity contribution < 1.29 is 9.84 Å². The fourth-order valence-corrected chi connectivity index (χ4v) is 3.22. The van der Waals surface area contributed by atoms with E-state index in [1.165, 1.54) is 17.5 Å². The summed E-state index contributed by atoms with van der Waals surface area (Å²) in [4.78, 5) is 4.34. The molecule has 1 N–H and O–H groups in total. The van der Waals surface area contributed by atoms with E-state index in [0.717, 1.165) is 19.3 Å². The topological polar surface area (TPSA) is 42.4 Å². The predicted molar refractivity (Wildman–Crippen MR) is 82.5 cm³/mol. The Hall–Kier alpha value is -1.87. The number of aliphatic hydroxyl groups excluding tert-OH is 1. The van der Waals surface area contributed by atoms with E-state index < -0.39 is 6.10 Å². The molecule has 0 fully saturated rings. The van der Waals surface area contributed by atoms with Gasteiger partial charge in [-0.3, -0.25) is 0 Å². The highest BCUT2D eigenvalue weighted by Crippen LogP contribution is 2.37. The molecule has 1 heterocycles. The summed E-state index contributed by atoms with van der Waals surface area (Å²) < 4.78 is 5.13. The highest BCUT2D eigenvalue weighted by molar-refractivity contribution is 5.33. The lowest BCUT2D eigenvalue weighted by atomic mass is 9.79. The number of aromatic nitrogens is 1. The summed E-state index contributed by atoms with van der Waals surface area (Å²) in [5.41, 5.74) is 3.52. The van der Waals surface area contributed by atoms with Crippen molar-refractivity contribution in [1.29, 1.82) is 0 Å². The molecule has 1 aromatic heterocycles. The van der Waals surface area contributed by atoms with Gasteiger partial charge in [-0.25, -0.2) is 4.98 Å². The number of aryl methyl sites for hydroxylation is 1. The van der Waals surface area contributed by atoms with Crippen molar-refractivity contribution in [3.63, 3.8) is 0 Å². The fraction of sp³-hybridized carbons (Fsp3) is 0.389. The average Bonchev–Trinajstić information content (AvgIpc) is 2.55. The summed E-state index contributed by atoms with van der Waals surface area (Å²) in [7, 11) is 1.59. The summed E-state index contributed by atoms with van der Waals surface area (Å²) in [6, 6.07) is 14.1. The number of methoxy groups -OCH3 is 1. The van der Waals surface area contributed by atoms with Crippen LogP contribution in [0.2, 0.25) is 0 Å². The molecule has 0 bridgehead atoms. The van der Waals surface area contributed by atoms with Crippen LogP contribution in [0, 0.1) is 0 Å². The lowest BCUT2D eigenvalue weighted by Crippen LogP contribution is -2.13. The Kier molecular flexibility index (Phi) is 4.20. The molecule has 2 atom stereocenters. The van der Waals surface area contributed by atoms with Gasteiger partial charge in [-0.2, -0.15) is 0 Å². The second-order valence-corrected chi connectivity index (χ2v) is 5.64. The van der Waals surface area contributed by atoms with Gasteiger partial charge in [0.15, 0.2) is 0 Å². The standard InChI is InChI=1S/C18H21NO2/c1-21-18-11-5-10-16(19-18)17(20)12-14-8-4-7-13-6-2-3-9-15(13)14/h2-3,5-6,9-11,14,17,20H,4,7-8,12H2,1H3. The quantitative estimate of drug-likeness (QED) is 0.931. The van der Waals surface area contributed by atoms with Gasteiger partial charge in [0.2, 0.25) is 5.88 Å². The third kappa shape index (κ3) is 3.08. The molecule has 1 aromatic carbocycles. The third-order valence-corrected chi connectivity index (χ3v) is 4.30. The van der Waals surface area contributed by atoms with Gasteiger partial charge < -0.3 is 9.84 Å². The van der Waals surface area contributed by atoms with Crippen molar-refractivity contribution in [2.75, 3.05) is 7.11 Å². The molecule has 0 aliphatic heterocycles. The second-order valence-electron chi connectivity index (χ2n) is 5.64. The third-order valence-electron chi connectivity index (χ3n) is 4.30. The highest BCUT2D eigenvalue weighted by Gasteiger charge is 2.23. The zero-order chi connectivity index (χ0) is 14.7. The van der Waals surface area contributed by atoms with Crippen LogP contribution >= 0.6 is 0 Å². The summed E-state index contributed by atoms with van der Waals surface area (Å²) in [6.45, 7) is 0. The Morgan fingerprint density at radius 1 is 1.24 bits per heavy atom. The van der Waals surface area contributed by atoms with Crippen LogP contribution in [0.4, 0.5) is 0 Å². The molecule has 0 saturated carbocycles. The zero-order valence-electron chi connectivity index (χ0n) is 12.3. The maximum atomic E-state index is 10.5. The molecule has 3 rings (SSSR count). The number of fused-ring (bicyclic) bond motifs is 1. The molecular formula is C18H21NO2. The molecule has 21 heavy (non-hydrogen) atoms. The van der Waals surface area contributed by atoms with Gasteiger partial charge >= 0.3 is 0 Å². The van der Waals surface area contributed by atoms with E-state index in [4.69, 9.17) is 4.74 Å². The summed E-state index contributed by atoms with van der Waals surface area (Å²) in [5, 5.41) is 10.5. The molecule has 0 spiro atoms. The highest BCUT2D eigenvalue weighted by atomic mass is 16.5. The van der Waals surface area contributed by atoms with Gasteiger partial charge in [-0.05, 0) is 48.8 Å². The van der Waals surface area contributed by atoms with Gasteiger partial charge in [0.05, 0.1) is 18.9 Å². The van der Waals surface area contributed by atoms with Crippen molar-refractivity contribution in [3.8, 4) is 5.88 Å². The minimum Gasteiger partial charge on any atom is -0.481 e. The van der Waals surface area contributed by atoms with Gasteiger partial charge in [0.25, 0.3) is 0 Å². The van der Waals surface area contributed by atoms with E-state index in [9.17, 15) is 5.11 Å². The number of benzene rings is 1. The number of hydrogen-bond acceptors (Lipinski definition) is 3. The Balaban J connectivity index is 1.77. The SMILES string of the molecule is COc1cccc(C(O)CC2CCCc3ccccc32)n1. The molecule has 1 aliphatic rings. The Morgan fingerprint density at radius 2 is 2.10 bits per heavy atom. The van der Waals surface area contributed by atoms with E-state index in [1.54, 1.807) is 13.2 Å². The molecule has 1 aliphatic carbocycles. The first kappa shape index (κ1) is 14.1. The molecule has 0 amide bonds. The molecule has 0 saturated heterocycles. The Labute approximate surface area is 125 Å². The second kappa shape index (κ2) is 6.27. The maximum absolute atomic E-state index is 10.5. The molecule has 2 aromatic rings. The first-order valence-electron chi connectivity index (χ1n) is 7.54. The summed E-state index contributed by atoms with van der Waals surface area (Å²) in [6.07, 6.45) is 3.66. The molecule has 110 valence electrons. The number of nitrogens with zero attached hydrogens (tertiary/aromatic N) is 1. The Bertz CT molecular complexity index is 612. The monoisotopic (exact) mass is 283 g/mol. The van der Waals surface area contributed by atoms with Crippen molar-refractivity contribution in [3.05, 3.63) is 59.3 Å². The van der Waals surface area contributed by atoms with Crippen LogP contribution in [-0.4, -0.2) is 17.2 Å². The maximum Gasteiger partial charge on any atom is 0.213 e. The van der Waals surface area contributed by atoms with Crippen LogP contribution in [0.25, 0.3) is 0 Å². The molecule has 0 radical (unpaired) electrons. The fourth-order valence-electron chi connectivity index (χ4n) is 3.22. The van der Waals surface area contributed by atoms with Crippen LogP contribution in [-0.2, 0) is 6.42 Å². The van der Waals surface area contributed by atoms with E-state index in [0.29, 0.717) is 17.5 Å². The van der Waals surface area contributed by atoms with Crippen LogP contribution < -0.4 is 4.74 Å². The van der Waals surface area contributed by atoms with Gasteiger partial charge in [0, 0.05) is 6.07 Å². The first-order chi connectivity index (χ1) is 10.3. The van der Waals surface area contributed by atoms with E-state index >= 15 is 0 Å². The van der Waals surface area contributed by atoms with E-state index in [-0.39, 0.29) is 0 Å². The first-order valence-corrected chi connectivity index (χ1v) is 7.54. The lowest BCUT2D eigenvalue weighted by Gasteiger charge is -2.27. The molecule has 3 nitrogen and oxygen atoms in total. The average molecular weight is 283 g/mol. The van der Waals surface area contributed by atoms with Crippen LogP contribution in [0.15, 0.2) is 42.5 Å². The normalized spacial score (nSPS) is 18.9. The van der Waals surface area contributed by atoms with E-state index in [1.807, 2.05) is 12.1 Å². The number of rotatable bonds is 4. The van der Waals surface area contributed by atoms with Crippen molar-refractivity contribution in [2.45, 2.75) is 37.7 Å². The van der Waals surface area contributed by atoms with Gasteiger partial charge in [-0.1, -0.05) is 30.3 Å². The van der Waals surface area contributed by atoms with Crippen molar-refractivity contribution >= 4 is 0 Å². The smallest absolute Gasteiger partial charge is 0.213 e. The van der Waals surface area contributed by atoms with Gasteiger partial charge in [-0.15, -0.1) is 0 Å². The lowest BCUT2D eigenvalue weighted by molar-refractivity contribution is 0.148. The van der Waals surface area contributed by atoms with Crippen LogP contribution in [0.5, 0.6) is 5.88 Å². The summed E-state index contributed by atoms with van der Waals surface area (Å²) >= 11 is 0. The van der Waals surface area contributed by atoms with Crippen LogP contribution in [0.1, 0.15) is 48.1 Å². The largest absolute Gasteiger partial charge is 0.481 e. The molecule has 2 unspecified atom stereocenters. The molecule has 3 heteroatoms. The minimum absolute atomic E-state index is 0.415. The number of pyridine rings is 1. The van der Waals surface area contributed by atoms with Gasteiger partial charge in [0.1, 0.15) is 0 Å². The zero-order valence-corrected chi connectivity index (χ0v) is 12.3. The van der Waals surface area contributed by atoms with Crippen LogP contribution in [0.3, 0.4) is 0 Å². The summed E-state index contributed by atoms with van der Waals surface area (Å²) in [5.74, 6) is 0.966. The predicted octanol–water partition coefficient (Wildman–Crippen LogP) is 3.63. The van der Waals surface area contributed by atoms with E-state index in [2.05, 4.69) is 29.2 Å². The minimum atomic E-state index is -0.545.